The quantitative estimate of drug-likeness (QED) is 0.789. The number of hydrogen-bond acceptors (Lipinski definition) is 4. The van der Waals surface area contributed by atoms with Gasteiger partial charge in [0.15, 0.2) is 5.03 Å². The molecule has 6 nitrogen and oxygen atoms in total. The molecular weight excluding hydrogens is 288 g/mol. The average molecular weight is 311 g/mol. The van der Waals surface area contributed by atoms with Crippen molar-refractivity contribution >= 4 is 22.4 Å². The van der Waals surface area contributed by atoms with Crippen LogP contribution in [0.2, 0.25) is 0 Å². The fourth-order valence-corrected chi connectivity index (χ4v) is 3.22. The van der Waals surface area contributed by atoms with Crippen molar-refractivity contribution < 1.29 is 8.42 Å². The highest BCUT2D eigenvalue weighted by Crippen LogP contribution is 2.17. The Bertz CT molecular complexity index is 474. The molecule has 0 amide bonds. The minimum absolute atomic E-state index is 0. The van der Waals surface area contributed by atoms with Gasteiger partial charge in [0.2, 0.25) is 0 Å². The SMILES string of the molecule is CCn1cnc(S(=O)(=O)NC(CC)(CC)CN)c1.Cl. The Morgan fingerprint density at radius 2 is 1.95 bits per heavy atom. The van der Waals surface area contributed by atoms with Crippen LogP contribution in [0.5, 0.6) is 0 Å². The van der Waals surface area contributed by atoms with Crippen molar-refractivity contribution in [1.82, 2.24) is 14.3 Å². The maximum absolute atomic E-state index is 12.2. The van der Waals surface area contributed by atoms with Gasteiger partial charge in [0.05, 0.1) is 6.33 Å². The van der Waals surface area contributed by atoms with E-state index >= 15 is 0 Å². The Balaban J connectivity index is 0.00000324. The highest BCUT2D eigenvalue weighted by atomic mass is 35.5. The van der Waals surface area contributed by atoms with Crippen molar-refractivity contribution in [3.05, 3.63) is 12.5 Å². The number of halogens is 1. The maximum Gasteiger partial charge on any atom is 0.260 e. The predicted octanol–water partition coefficient (Wildman–Crippen LogP) is 1.12. The van der Waals surface area contributed by atoms with Gasteiger partial charge in [-0.2, -0.15) is 0 Å². The molecule has 0 unspecified atom stereocenters. The van der Waals surface area contributed by atoms with Gasteiger partial charge in [-0.3, -0.25) is 0 Å². The highest BCUT2D eigenvalue weighted by molar-refractivity contribution is 7.89. The monoisotopic (exact) mass is 310 g/mol. The molecule has 1 aromatic rings. The Hall–Kier alpha value is -0.630. The molecule has 0 fully saturated rings. The van der Waals surface area contributed by atoms with Gasteiger partial charge >= 0.3 is 0 Å². The molecule has 1 rings (SSSR count). The summed E-state index contributed by atoms with van der Waals surface area (Å²) in [5.74, 6) is 0. The molecular formula is C11H23ClN4O2S. The van der Waals surface area contributed by atoms with Crippen LogP contribution in [0.1, 0.15) is 33.6 Å². The van der Waals surface area contributed by atoms with Crippen molar-refractivity contribution in [2.75, 3.05) is 6.54 Å². The molecule has 0 bridgehead atoms. The number of imidazole rings is 1. The molecule has 0 saturated heterocycles. The van der Waals surface area contributed by atoms with Gasteiger partial charge in [0.25, 0.3) is 10.0 Å². The molecule has 0 aliphatic heterocycles. The molecule has 0 radical (unpaired) electrons. The molecule has 8 heteroatoms. The second kappa shape index (κ2) is 7.23. The number of aryl methyl sites for hydroxylation is 1. The van der Waals surface area contributed by atoms with Gasteiger partial charge in [-0.15, -0.1) is 12.4 Å². The van der Waals surface area contributed by atoms with E-state index in [2.05, 4.69) is 9.71 Å². The molecule has 0 aliphatic carbocycles. The number of nitrogens with one attached hydrogen (secondary N) is 1. The molecule has 3 N–H and O–H groups in total. The van der Waals surface area contributed by atoms with E-state index in [1.165, 1.54) is 12.5 Å². The number of sulfonamides is 1. The van der Waals surface area contributed by atoms with Crippen molar-refractivity contribution in [1.29, 1.82) is 0 Å². The van der Waals surface area contributed by atoms with Gasteiger partial charge in [0.1, 0.15) is 0 Å². The van der Waals surface area contributed by atoms with E-state index < -0.39 is 15.6 Å². The van der Waals surface area contributed by atoms with E-state index in [1.807, 2.05) is 20.8 Å². The van der Waals surface area contributed by atoms with Crippen LogP contribution < -0.4 is 10.5 Å². The minimum atomic E-state index is -3.61. The zero-order valence-electron chi connectivity index (χ0n) is 11.6. The van der Waals surface area contributed by atoms with Gasteiger partial charge in [-0.25, -0.2) is 18.1 Å². The van der Waals surface area contributed by atoms with E-state index in [4.69, 9.17) is 5.73 Å². The molecule has 1 aromatic heterocycles. The third kappa shape index (κ3) is 4.17. The Kier molecular flexibility index (Phi) is 6.99. The van der Waals surface area contributed by atoms with Crippen LogP contribution in [-0.2, 0) is 16.6 Å². The van der Waals surface area contributed by atoms with E-state index in [9.17, 15) is 8.42 Å². The van der Waals surface area contributed by atoms with Crippen LogP contribution in [0.3, 0.4) is 0 Å². The first-order valence-electron chi connectivity index (χ1n) is 6.18. The van der Waals surface area contributed by atoms with Crippen LogP contribution in [0, 0.1) is 0 Å². The molecule has 0 aliphatic rings. The first kappa shape index (κ1) is 18.4. The molecule has 0 atom stereocenters. The fraction of sp³-hybridized carbons (Fsp3) is 0.727. The molecule has 0 aromatic carbocycles. The fourth-order valence-electron chi connectivity index (χ4n) is 1.71. The van der Waals surface area contributed by atoms with E-state index in [-0.39, 0.29) is 24.0 Å². The summed E-state index contributed by atoms with van der Waals surface area (Å²) in [6.45, 7) is 6.72. The largest absolute Gasteiger partial charge is 0.336 e. The zero-order valence-corrected chi connectivity index (χ0v) is 13.2. The second-order valence-corrected chi connectivity index (χ2v) is 5.97. The number of aromatic nitrogens is 2. The number of nitrogens with two attached hydrogens (primary N) is 1. The highest BCUT2D eigenvalue weighted by Gasteiger charge is 2.31. The standard InChI is InChI=1S/C11H22N4O2S.ClH/c1-4-11(5-2,8-12)14-18(16,17)10-7-15(6-3)9-13-10;/h7,9,14H,4-6,8,12H2,1-3H3;1H. The summed E-state index contributed by atoms with van der Waals surface area (Å²) in [6.07, 6.45) is 4.33. The topological polar surface area (TPSA) is 90.0 Å². The smallest absolute Gasteiger partial charge is 0.260 e. The molecule has 19 heavy (non-hydrogen) atoms. The molecule has 1 heterocycles. The molecule has 0 spiro atoms. The predicted molar refractivity (Wildman–Crippen MR) is 77.8 cm³/mol. The number of nitrogens with zero attached hydrogens (tertiary/aromatic N) is 2. The van der Waals surface area contributed by atoms with E-state index in [0.29, 0.717) is 19.4 Å². The Labute approximate surface area is 121 Å². The second-order valence-electron chi connectivity index (χ2n) is 4.34. The zero-order chi connectivity index (χ0) is 13.8. The van der Waals surface area contributed by atoms with Crippen LogP contribution in [-0.4, -0.2) is 30.1 Å². The number of rotatable bonds is 7. The van der Waals surface area contributed by atoms with Crippen molar-refractivity contribution in [3.8, 4) is 0 Å². The third-order valence-corrected chi connectivity index (χ3v) is 4.81. The lowest BCUT2D eigenvalue weighted by Gasteiger charge is -2.30. The summed E-state index contributed by atoms with van der Waals surface area (Å²) in [5, 5.41) is 0.0454. The Morgan fingerprint density at radius 3 is 2.32 bits per heavy atom. The molecule has 0 saturated carbocycles. The van der Waals surface area contributed by atoms with Crippen LogP contribution in [0.15, 0.2) is 17.6 Å². The summed E-state index contributed by atoms with van der Waals surface area (Å²) in [5.41, 5.74) is 5.10. The van der Waals surface area contributed by atoms with Crippen molar-refractivity contribution in [3.63, 3.8) is 0 Å². The van der Waals surface area contributed by atoms with Crippen molar-refractivity contribution in [2.24, 2.45) is 5.73 Å². The van der Waals surface area contributed by atoms with Gasteiger partial charge < -0.3 is 10.3 Å². The molecule has 112 valence electrons. The number of hydrogen-bond donors (Lipinski definition) is 2. The summed E-state index contributed by atoms with van der Waals surface area (Å²) in [6, 6.07) is 0. The van der Waals surface area contributed by atoms with Crippen LogP contribution in [0.4, 0.5) is 0 Å². The first-order valence-corrected chi connectivity index (χ1v) is 7.67. The van der Waals surface area contributed by atoms with Gasteiger partial charge in [-0.1, -0.05) is 13.8 Å². The summed E-state index contributed by atoms with van der Waals surface area (Å²) in [7, 11) is -3.61. The van der Waals surface area contributed by atoms with Crippen LogP contribution in [0.25, 0.3) is 0 Å². The third-order valence-electron chi connectivity index (χ3n) is 3.35. The van der Waals surface area contributed by atoms with Gasteiger partial charge in [-0.05, 0) is 19.8 Å². The lowest BCUT2D eigenvalue weighted by molar-refractivity contribution is 0.362. The average Bonchev–Trinajstić information content (AvgIpc) is 2.85. The Morgan fingerprint density at radius 1 is 1.37 bits per heavy atom. The van der Waals surface area contributed by atoms with E-state index in [0.717, 1.165) is 0 Å². The summed E-state index contributed by atoms with van der Waals surface area (Å²) < 4.78 is 28.8. The minimum Gasteiger partial charge on any atom is -0.336 e. The normalized spacial score (nSPS) is 12.2. The first-order chi connectivity index (χ1) is 8.43. The van der Waals surface area contributed by atoms with Crippen molar-refractivity contribution in [2.45, 2.75) is 50.7 Å². The van der Waals surface area contributed by atoms with E-state index in [1.54, 1.807) is 4.57 Å². The lowest BCUT2D eigenvalue weighted by atomic mass is 9.95. The summed E-state index contributed by atoms with van der Waals surface area (Å²) in [4.78, 5) is 3.92. The van der Waals surface area contributed by atoms with Crippen LogP contribution >= 0.6 is 12.4 Å². The van der Waals surface area contributed by atoms with Gasteiger partial charge in [0, 0.05) is 24.8 Å². The summed E-state index contributed by atoms with van der Waals surface area (Å²) >= 11 is 0. The maximum atomic E-state index is 12.2. The lowest BCUT2D eigenvalue weighted by Crippen LogP contribution is -2.52.